The number of hydrogen-bond donors (Lipinski definition) is 0. The zero-order chi connectivity index (χ0) is 16.5. The number of alkyl halides is 3. The summed E-state index contributed by atoms with van der Waals surface area (Å²) in [7, 11) is 1.45. The van der Waals surface area contributed by atoms with E-state index in [1.165, 1.54) is 19.4 Å². The van der Waals surface area contributed by atoms with E-state index < -0.39 is 11.7 Å². The topological polar surface area (TPSA) is 22.1 Å². The molecule has 22 heavy (non-hydrogen) atoms. The molecule has 0 amide bonds. The van der Waals surface area contributed by atoms with Crippen LogP contribution in [0.4, 0.5) is 13.2 Å². The van der Waals surface area contributed by atoms with Crippen molar-refractivity contribution in [2.75, 3.05) is 7.11 Å². The fraction of sp³-hybridized carbons (Fsp3) is 0.353. The van der Waals surface area contributed by atoms with Crippen molar-refractivity contribution in [2.45, 2.75) is 32.4 Å². The van der Waals surface area contributed by atoms with E-state index in [2.05, 4.69) is 4.98 Å². The van der Waals surface area contributed by atoms with Crippen molar-refractivity contribution in [1.82, 2.24) is 4.98 Å². The van der Waals surface area contributed by atoms with Crippen LogP contribution >= 0.6 is 0 Å². The van der Waals surface area contributed by atoms with Crippen LogP contribution in [-0.4, -0.2) is 12.1 Å². The minimum atomic E-state index is -4.47. The highest BCUT2D eigenvalue weighted by molar-refractivity contribution is 5.74. The van der Waals surface area contributed by atoms with Crippen LogP contribution in [0.1, 0.15) is 31.9 Å². The molecule has 0 spiro atoms. The first-order chi connectivity index (χ1) is 10.1. The Kier molecular flexibility index (Phi) is 4.18. The first kappa shape index (κ1) is 16.3. The van der Waals surface area contributed by atoms with E-state index in [9.17, 15) is 13.2 Å². The quantitative estimate of drug-likeness (QED) is 0.772. The number of ether oxygens (including phenoxy) is 1. The molecule has 1 aromatic heterocycles. The van der Waals surface area contributed by atoms with E-state index in [0.717, 1.165) is 11.8 Å². The summed E-state index contributed by atoms with van der Waals surface area (Å²) in [5.74, 6) is 0.407. The Hall–Kier alpha value is -2.04. The predicted molar refractivity (Wildman–Crippen MR) is 79.9 cm³/mol. The Labute approximate surface area is 128 Å². The summed E-state index contributed by atoms with van der Waals surface area (Å²) in [5, 5.41) is 0. The lowest BCUT2D eigenvalue weighted by atomic mass is 9.85. The summed E-state index contributed by atoms with van der Waals surface area (Å²) in [4.78, 5) is 3.60. The average Bonchev–Trinajstić information content (AvgIpc) is 2.44. The molecule has 5 heteroatoms. The molecule has 0 atom stereocenters. The molecular formula is C17H18F3NO. The highest BCUT2D eigenvalue weighted by Gasteiger charge is 2.34. The van der Waals surface area contributed by atoms with Gasteiger partial charge in [-0.3, -0.25) is 4.98 Å². The Morgan fingerprint density at radius 1 is 1.00 bits per heavy atom. The van der Waals surface area contributed by atoms with E-state index in [1.807, 2.05) is 26.8 Å². The smallest absolute Gasteiger partial charge is 0.418 e. The van der Waals surface area contributed by atoms with Crippen LogP contribution < -0.4 is 4.74 Å². The van der Waals surface area contributed by atoms with Gasteiger partial charge >= 0.3 is 6.18 Å². The molecule has 0 radical (unpaired) electrons. The number of hydrogen-bond acceptors (Lipinski definition) is 2. The SMILES string of the molecule is COc1ccc(C(C)(C)C)cc1-c1ccncc1C(F)(F)F. The molecular weight excluding hydrogens is 291 g/mol. The molecule has 0 saturated heterocycles. The van der Waals surface area contributed by atoms with E-state index in [0.29, 0.717) is 11.3 Å². The van der Waals surface area contributed by atoms with Gasteiger partial charge < -0.3 is 4.74 Å². The fourth-order valence-electron chi connectivity index (χ4n) is 2.24. The first-order valence-electron chi connectivity index (χ1n) is 6.84. The third-order valence-electron chi connectivity index (χ3n) is 3.48. The molecule has 0 aliphatic heterocycles. The van der Waals surface area contributed by atoms with Gasteiger partial charge in [-0.1, -0.05) is 26.8 Å². The Balaban J connectivity index is 2.72. The van der Waals surface area contributed by atoms with Gasteiger partial charge in [-0.25, -0.2) is 0 Å². The molecule has 2 nitrogen and oxygen atoms in total. The summed E-state index contributed by atoms with van der Waals surface area (Å²) in [6.45, 7) is 6.03. The van der Waals surface area contributed by atoms with Gasteiger partial charge in [0.05, 0.1) is 12.7 Å². The van der Waals surface area contributed by atoms with E-state index >= 15 is 0 Å². The summed E-state index contributed by atoms with van der Waals surface area (Å²) in [5.41, 5.74) is 0.495. The number of benzene rings is 1. The number of rotatable bonds is 2. The second-order valence-corrected chi connectivity index (χ2v) is 6.08. The van der Waals surface area contributed by atoms with Crippen molar-refractivity contribution in [3.8, 4) is 16.9 Å². The lowest BCUT2D eigenvalue weighted by molar-refractivity contribution is -0.137. The number of methoxy groups -OCH3 is 1. The van der Waals surface area contributed by atoms with Gasteiger partial charge in [-0.05, 0) is 29.2 Å². The molecule has 0 saturated carbocycles. The minimum Gasteiger partial charge on any atom is -0.496 e. The molecule has 0 aliphatic carbocycles. The lowest BCUT2D eigenvalue weighted by Gasteiger charge is -2.22. The number of nitrogens with zero attached hydrogens (tertiary/aromatic N) is 1. The summed E-state index contributed by atoms with van der Waals surface area (Å²) < 4.78 is 44.9. The first-order valence-corrected chi connectivity index (χ1v) is 6.84. The second kappa shape index (κ2) is 5.63. The molecule has 0 N–H and O–H groups in total. The molecule has 0 fully saturated rings. The summed E-state index contributed by atoms with van der Waals surface area (Å²) in [6.07, 6.45) is -2.27. The molecule has 118 valence electrons. The maximum absolute atomic E-state index is 13.2. The van der Waals surface area contributed by atoms with Gasteiger partial charge in [0.15, 0.2) is 0 Å². The zero-order valence-electron chi connectivity index (χ0n) is 13.0. The normalized spacial score (nSPS) is 12.3. The van der Waals surface area contributed by atoms with Crippen molar-refractivity contribution < 1.29 is 17.9 Å². The van der Waals surface area contributed by atoms with Crippen molar-refractivity contribution in [3.63, 3.8) is 0 Å². The van der Waals surface area contributed by atoms with Gasteiger partial charge in [-0.15, -0.1) is 0 Å². The van der Waals surface area contributed by atoms with Gasteiger partial charge in [0.2, 0.25) is 0 Å². The zero-order valence-corrected chi connectivity index (χ0v) is 13.0. The molecule has 0 unspecified atom stereocenters. The Bertz CT molecular complexity index is 672. The van der Waals surface area contributed by atoms with Gasteiger partial charge in [0.25, 0.3) is 0 Å². The average molecular weight is 309 g/mol. The number of aromatic nitrogens is 1. The Morgan fingerprint density at radius 3 is 2.23 bits per heavy atom. The van der Waals surface area contributed by atoms with Crippen molar-refractivity contribution in [3.05, 3.63) is 47.8 Å². The van der Waals surface area contributed by atoms with Gasteiger partial charge in [0, 0.05) is 23.5 Å². The highest BCUT2D eigenvalue weighted by Crippen LogP contribution is 2.41. The summed E-state index contributed by atoms with van der Waals surface area (Å²) in [6, 6.07) is 6.70. The van der Waals surface area contributed by atoms with Crippen molar-refractivity contribution in [2.24, 2.45) is 0 Å². The monoisotopic (exact) mass is 309 g/mol. The van der Waals surface area contributed by atoms with Crippen molar-refractivity contribution in [1.29, 1.82) is 0 Å². The van der Waals surface area contributed by atoms with Crippen molar-refractivity contribution >= 4 is 0 Å². The molecule has 0 bridgehead atoms. The van der Waals surface area contributed by atoms with Crippen LogP contribution in [0.15, 0.2) is 36.7 Å². The molecule has 2 aromatic rings. The molecule has 2 rings (SSSR count). The lowest BCUT2D eigenvalue weighted by Crippen LogP contribution is -2.12. The van der Waals surface area contributed by atoms with Crippen LogP contribution in [0.25, 0.3) is 11.1 Å². The predicted octanol–water partition coefficient (Wildman–Crippen LogP) is 5.07. The number of pyridine rings is 1. The molecule has 1 aromatic carbocycles. The number of halogens is 3. The minimum absolute atomic E-state index is 0.0745. The van der Waals surface area contributed by atoms with Crippen LogP contribution in [0.3, 0.4) is 0 Å². The fourth-order valence-corrected chi connectivity index (χ4v) is 2.24. The van der Waals surface area contributed by atoms with E-state index in [-0.39, 0.29) is 11.0 Å². The summed E-state index contributed by atoms with van der Waals surface area (Å²) >= 11 is 0. The third-order valence-corrected chi connectivity index (χ3v) is 3.48. The van der Waals surface area contributed by atoms with Gasteiger partial charge in [-0.2, -0.15) is 13.2 Å². The van der Waals surface area contributed by atoms with E-state index in [4.69, 9.17) is 4.74 Å². The highest BCUT2D eigenvalue weighted by atomic mass is 19.4. The standard InChI is InChI=1S/C17H18F3NO/c1-16(2,3)11-5-6-15(22-4)13(9-11)12-7-8-21-10-14(12)17(18,19)20/h5-10H,1-4H3. The molecule has 0 aliphatic rings. The van der Waals surface area contributed by atoms with Crippen LogP contribution in [-0.2, 0) is 11.6 Å². The van der Waals surface area contributed by atoms with E-state index in [1.54, 1.807) is 12.1 Å². The largest absolute Gasteiger partial charge is 0.496 e. The maximum atomic E-state index is 13.2. The van der Waals surface area contributed by atoms with Crippen LogP contribution in [0.5, 0.6) is 5.75 Å². The maximum Gasteiger partial charge on any atom is 0.418 e. The second-order valence-electron chi connectivity index (χ2n) is 6.08. The Morgan fingerprint density at radius 2 is 1.68 bits per heavy atom. The van der Waals surface area contributed by atoms with Crippen LogP contribution in [0, 0.1) is 0 Å². The van der Waals surface area contributed by atoms with Crippen LogP contribution in [0.2, 0.25) is 0 Å². The third kappa shape index (κ3) is 3.24. The molecule has 1 heterocycles. The van der Waals surface area contributed by atoms with Gasteiger partial charge in [0.1, 0.15) is 5.75 Å².